The number of aliphatic hydroxyl groups is 1. The zero-order valence-corrected chi connectivity index (χ0v) is 11.8. The number of amides is 1. The Morgan fingerprint density at radius 2 is 2.05 bits per heavy atom. The van der Waals surface area contributed by atoms with Gasteiger partial charge in [-0.25, -0.2) is 0 Å². The molecule has 1 aliphatic heterocycles. The van der Waals surface area contributed by atoms with Crippen molar-refractivity contribution in [3.8, 4) is 0 Å². The molecule has 0 saturated carbocycles. The topological polar surface area (TPSA) is 52.6 Å². The van der Waals surface area contributed by atoms with Crippen LogP contribution in [0.1, 0.15) is 31.9 Å². The lowest BCUT2D eigenvalue weighted by Crippen LogP contribution is -2.61. The highest BCUT2D eigenvalue weighted by molar-refractivity contribution is 5.73. The molecule has 0 bridgehead atoms. The van der Waals surface area contributed by atoms with E-state index in [0.717, 1.165) is 12.1 Å². The van der Waals surface area contributed by atoms with Crippen molar-refractivity contribution >= 4 is 5.91 Å². The van der Waals surface area contributed by atoms with Crippen LogP contribution in [0, 0.1) is 0 Å². The summed E-state index contributed by atoms with van der Waals surface area (Å²) in [4.78, 5) is 13.6. The zero-order chi connectivity index (χ0) is 14.0. The second-order valence-electron chi connectivity index (χ2n) is 5.62. The summed E-state index contributed by atoms with van der Waals surface area (Å²) >= 11 is 0. The Balaban J connectivity index is 2.37. The lowest BCUT2D eigenvalue weighted by Gasteiger charge is -2.47. The van der Waals surface area contributed by atoms with Crippen molar-refractivity contribution in [2.75, 3.05) is 13.6 Å². The fourth-order valence-electron chi connectivity index (χ4n) is 2.84. The highest BCUT2D eigenvalue weighted by Gasteiger charge is 2.44. The fourth-order valence-corrected chi connectivity index (χ4v) is 2.84. The van der Waals surface area contributed by atoms with Crippen LogP contribution in [-0.2, 0) is 4.79 Å². The standard InChI is InChI=1S/C15H22N2O2/c1-11(18)16-14-13(12-7-5-4-6-8-12)17(3)10-9-15(14,2)19/h4-8,13-14,19H,9-10H2,1-3H3,(H,16,18). The van der Waals surface area contributed by atoms with Crippen LogP contribution in [0.4, 0.5) is 0 Å². The number of likely N-dealkylation sites (N-methyl/N-ethyl adjacent to an activating group) is 1. The molecule has 3 atom stereocenters. The van der Waals surface area contributed by atoms with E-state index < -0.39 is 5.60 Å². The van der Waals surface area contributed by atoms with Gasteiger partial charge in [0.15, 0.2) is 0 Å². The van der Waals surface area contributed by atoms with Crippen LogP contribution < -0.4 is 5.32 Å². The number of nitrogens with one attached hydrogen (secondary N) is 1. The molecule has 0 spiro atoms. The van der Waals surface area contributed by atoms with Crippen molar-refractivity contribution in [1.29, 1.82) is 0 Å². The summed E-state index contributed by atoms with van der Waals surface area (Å²) in [5.74, 6) is -0.110. The maximum absolute atomic E-state index is 11.4. The van der Waals surface area contributed by atoms with E-state index in [9.17, 15) is 9.90 Å². The van der Waals surface area contributed by atoms with Gasteiger partial charge in [0.05, 0.1) is 17.7 Å². The highest BCUT2D eigenvalue weighted by atomic mass is 16.3. The normalized spacial score (nSPS) is 32.0. The second kappa shape index (κ2) is 5.31. The molecule has 3 unspecified atom stereocenters. The van der Waals surface area contributed by atoms with E-state index in [-0.39, 0.29) is 18.0 Å². The summed E-state index contributed by atoms with van der Waals surface area (Å²) in [6, 6.07) is 9.71. The zero-order valence-electron chi connectivity index (χ0n) is 11.8. The predicted octanol–water partition coefficient (Wildman–Crippen LogP) is 1.32. The molecule has 1 fully saturated rings. The molecule has 0 aliphatic carbocycles. The van der Waals surface area contributed by atoms with E-state index in [4.69, 9.17) is 0 Å². The molecule has 2 N–H and O–H groups in total. The third-order valence-corrected chi connectivity index (χ3v) is 3.93. The number of piperidine rings is 1. The van der Waals surface area contributed by atoms with Gasteiger partial charge in [-0.05, 0) is 26.0 Å². The summed E-state index contributed by atoms with van der Waals surface area (Å²) in [7, 11) is 2.03. The predicted molar refractivity (Wildman–Crippen MR) is 74.7 cm³/mol. The van der Waals surface area contributed by atoms with Crippen LogP contribution in [0.5, 0.6) is 0 Å². The monoisotopic (exact) mass is 262 g/mol. The van der Waals surface area contributed by atoms with Gasteiger partial charge in [0.25, 0.3) is 0 Å². The Morgan fingerprint density at radius 3 is 2.63 bits per heavy atom. The lowest BCUT2D eigenvalue weighted by atomic mass is 9.80. The van der Waals surface area contributed by atoms with Crippen LogP contribution in [0.2, 0.25) is 0 Å². The first kappa shape index (κ1) is 14.0. The lowest BCUT2D eigenvalue weighted by molar-refractivity contribution is -0.125. The number of nitrogens with zero attached hydrogens (tertiary/aromatic N) is 1. The summed E-state index contributed by atoms with van der Waals surface area (Å²) in [5.41, 5.74) is 0.224. The van der Waals surface area contributed by atoms with Crippen molar-refractivity contribution in [3.05, 3.63) is 35.9 Å². The molecule has 1 amide bonds. The number of likely N-dealkylation sites (tertiary alicyclic amines) is 1. The molecule has 19 heavy (non-hydrogen) atoms. The van der Waals surface area contributed by atoms with Gasteiger partial charge < -0.3 is 10.4 Å². The van der Waals surface area contributed by atoms with Crippen molar-refractivity contribution in [2.24, 2.45) is 0 Å². The Morgan fingerprint density at radius 1 is 1.42 bits per heavy atom. The first-order chi connectivity index (χ1) is 8.92. The van der Waals surface area contributed by atoms with Crippen molar-refractivity contribution < 1.29 is 9.90 Å². The molecule has 1 heterocycles. The SMILES string of the molecule is CC(=O)NC1C(c2ccccc2)N(C)CCC1(C)O. The summed E-state index contributed by atoms with van der Waals surface area (Å²) in [5, 5.41) is 13.5. The molecular formula is C15H22N2O2. The molecule has 1 aromatic rings. The maximum Gasteiger partial charge on any atom is 0.217 e. The Labute approximate surface area is 114 Å². The van der Waals surface area contributed by atoms with Gasteiger partial charge >= 0.3 is 0 Å². The van der Waals surface area contributed by atoms with E-state index in [0.29, 0.717) is 6.42 Å². The molecule has 0 radical (unpaired) electrons. The Hall–Kier alpha value is -1.39. The number of benzene rings is 1. The molecule has 4 heteroatoms. The molecule has 104 valence electrons. The smallest absolute Gasteiger partial charge is 0.217 e. The van der Waals surface area contributed by atoms with E-state index in [1.165, 1.54) is 6.92 Å². The third-order valence-electron chi connectivity index (χ3n) is 3.93. The maximum atomic E-state index is 11.4. The second-order valence-corrected chi connectivity index (χ2v) is 5.62. The molecular weight excluding hydrogens is 240 g/mol. The number of rotatable bonds is 2. The molecule has 1 saturated heterocycles. The van der Waals surface area contributed by atoms with E-state index >= 15 is 0 Å². The van der Waals surface area contributed by atoms with Gasteiger partial charge in [-0.3, -0.25) is 9.69 Å². The summed E-state index contributed by atoms with van der Waals surface area (Å²) in [6.45, 7) is 4.10. The van der Waals surface area contributed by atoms with Gasteiger partial charge in [0.1, 0.15) is 0 Å². The largest absolute Gasteiger partial charge is 0.388 e. The number of hydrogen-bond acceptors (Lipinski definition) is 3. The molecule has 1 aliphatic rings. The molecule has 4 nitrogen and oxygen atoms in total. The minimum absolute atomic E-state index is 0.00569. The van der Waals surface area contributed by atoms with Crippen LogP contribution in [-0.4, -0.2) is 41.1 Å². The van der Waals surface area contributed by atoms with Crippen LogP contribution in [0.25, 0.3) is 0 Å². The summed E-state index contributed by atoms with van der Waals surface area (Å²) < 4.78 is 0. The minimum Gasteiger partial charge on any atom is -0.388 e. The first-order valence-corrected chi connectivity index (χ1v) is 6.66. The van der Waals surface area contributed by atoms with Crippen molar-refractivity contribution in [2.45, 2.75) is 38.0 Å². The van der Waals surface area contributed by atoms with Gasteiger partial charge in [0, 0.05) is 13.5 Å². The van der Waals surface area contributed by atoms with E-state index in [1.807, 2.05) is 37.4 Å². The van der Waals surface area contributed by atoms with Gasteiger partial charge in [0.2, 0.25) is 5.91 Å². The van der Waals surface area contributed by atoms with Gasteiger partial charge in [-0.1, -0.05) is 30.3 Å². The van der Waals surface area contributed by atoms with Crippen LogP contribution >= 0.6 is 0 Å². The summed E-state index contributed by atoms with van der Waals surface area (Å²) in [6.07, 6.45) is 0.651. The Bertz CT molecular complexity index is 445. The number of hydrogen-bond donors (Lipinski definition) is 2. The van der Waals surface area contributed by atoms with Crippen molar-refractivity contribution in [3.63, 3.8) is 0 Å². The van der Waals surface area contributed by atoms with Gasteiger partial charge in [-0.15, -0.1) is 0 Å². The van der Waals surface area contributed by atoms with E-state index in [2.05, 4.69) is 10.2 Å². The molecule has 1 aromatic carbocycles. The third kappa shape index (κ3) is 2.96. The average Bonchev–Trinajstić information content (AvgIpc) is 2.35. The number of carbonyl (C=O) groups excluding carboxylic acids is 1. The van der Waals surface area contributed by atoms with Gasteiger partial charge in [-0.2, -0.15) is 0 Å². The minimum atomic E-state index is -0.890. The first-order valence-electron chi connectivity index (χ1n) is 6.66. The van der Waals surface area contributed by atoms with Crippen molar-refractivity contribution in [1.82, 2.24) is 10.2 Å². The fraction of sp³-hybridized carbons (Fsp3) is 0.533. The van der Waals surface area contributed by atoms with Crippen LogP contribution in [0.3, 0.4) is 0 Å². The quantitative estimate of drug-likeness (QED) is 0.845. The number of carbonyl (C=O) groups is 1. The average molecular weight is 262 g/mol. The molecule has 0 aromatic heterocycles. The molecule has 2 rings (SSSR count). The van der Waals surface area contributed by atoms with Crippen LogP contribution in [0.15, 0.2) is 30.3 Å². The highest BCUT2D eigenvalue weighted by Crippen LogP contribution is 2.35. The Kier molecular flexibility index (Phi) is 3.92. The van der Waals surface area contributed by atoms with E-state index in [1.54, 1.807) is 6.92 Å².